The van der Waals surface area contributed by atoms with Crippen molar-refractivity contribution in [2.24, 2.45) is 0 Å². The van der Waals surface area contributed by atoms with Crippen molar-refractivity contribution in [3.05, 3.63) is 33.7 Å². The number of pyridine rings is 1. The van der Waals surface area contributed by atoms with Gasteiger partial charge in [-0.3, -0.25) is 9.59 Å². The molecule has 0 bridgehead atoms. The van der Waals surface area contributed by atoms with Crippen LogP contribution in [0, 0.1) is 18.8 Å². The van der Waals surface area contributed by atoms with Crippen LogP contribution in [0.25, 0.3) is 0 Å². The highest BCUT2D eigenvalue weighted by Gasteiger charge is 1.98. The molecule has 15 heavy (non-hydrogen) atoms. The molecule has 1 heterocycles. The van der Waals surface area contributed by atoms with Crippen molar-refractivity contribution >= 4 is 5.91 Å². The van der Waals surface area contributed by atoms with Gasteiger partial charge in [-0.25, -0.2) is 0 Å². The molecule has 0 aliphatic rings. The monoisotopic (exact) mass is 204 g/mol. The van der Waals surface area contributed by atoms with Crippen molar-refractivity contribution in [1.29, 1.82) is 0 Å². The van der Waals surface area contributed by atoms with Gasteiger partial charge in [0.15, 0.2) is 0 Å². The zero-order valence-electron chi connectivity index (χ0n) is 8.68. The molecule has 0 radical (unpaired) electrons. The third-order valence-electron chi connectivity index (χ3n) is 1.73. The van der Waals surface area contributed by atoms with Gasteiger partial charge in [-0.2, -0.15) is 0 Å². The number of amides is 1. The van der Waals surface area contributed by atoms with Gasteiger partial charge < -0.3 is 10.3 Å². The van der Waals surface area contributed by atoms with E-state index in [1.165, 1.54) is 6.07 Å². The van der Waals surface area contributed by atoms with Gasteiger partial charge in [0, 0.05) is 18.3 Å². The molecular formula is C11H12N2O2. The summed E-state index contributed by atoms with van der Waals surface area (Å²) in [6.07, 6.45) is 0. The Morgan fingerprint density at radius 1 is 1.53 bits per heavy atom. The second kappa shape index (κ2) is 5.01. The third-order valence-corrected chi connectivity index (χ3v) is 1.73. The van der Waals surface area contributed by atoms with Gasteiger partial charge in [-0.15, -0.1) is 0 Å². The summed E-state index contributed by atoms with van der Waals surface area (Å²) in [4.78, 5) is 24.7. The molecule has 1 aromatic heterocycles. The van der Waals surface area contributed by atoms with Crippen LogP contribution in [0.1, 0.15) is 18.2 Å². The van der Waals surface area contributed by atoms with E-state index >= 15 is 0 Å². The second-order valence-corrected chi connectivity index (χ2v) is 3.09. The Kier molecular flexibility index (Phi) is 3.69. The first-order valence-electron chi connectivity index (χ1n) is 4.52. The first-order valence-corrected chi connectivity index (χ1v) is 4.52. The Morgan fingerprint density at radius 3 is 2.87 bits per heavy atom. The fourth-order valence-electron chi connectivity index (χ4n) is 1.20. The second-order valence-electron chi connectivity index (χ2n) is 3.09. The molecule has 78 valence electrons. The zero-order valence-corrected chi connectivity index (χ0v) is 8.68. The number of H-pyrrole nitrogens is 1. The van der Waals surface area contributed by atoms with Crippen molar-refractivity contribution in [3.63, 3.8) is 0 Å². The minimum atomic E-state index is -0.338. The molecule has 0 fully saturated rings. The minimum Gasteiger partial charge on any atom is -0.341 e. The molecule has 1 aromatic rings. The molecule has 2 N–H and O–H groups in total. The molecule has 0 spiro atoms. The summed E-state index contributed by atoms with van der Waals surface area (Å²) in [5, 5.41) is 2.59. The average molecular weight is 204 g/mol. The Bertz CT molecular complexity index is 477. The number of nitrogens with one attached hydrogen (secondary N) is 2. The van der Waals surface area contributed by atoms with Crippen molar-refractivity contribution in [1.82, 2.24) is 10.3 Å². The van der Waals surface area contributed by atoms with Crippen LogP contribution < -0.4 is 10.9 Å². The molecule has 0 saturated carbocycles. The quantitative estimate of drug-likeness (QED) is 0.682. The van der Waals surface area contributed by atoms with Crippen LogP contribution in [0.2, 0.25) is 0 Å². The van der Waals surface area contributed by atoms with E-state index < -0.39 is 0 Å². The maximum atomic E-state index is 11.1. The predicted octanol–water partition coefficient (Wildman–Crippen LogP) is 0.323. The number of carbonyl (C=O) groups is 1. The van der Waals surface area contributed by atoms with Gasteiger partial charge in [-0.05, 0) is 31.4 Å². The van der Waals surface area contributed by atoms with E-state index in [0.717, 1.165) is 11.3 Å². The molecule has 0 atom stereocenters. The number of hydrogen-bond donors (Lipinski definition) is 2. The molecule has 4 nitrogen and oxygen atoms in total. The highest BCUT2D eigenvalue weighted by molar-refractivity contribution is 5.93. The lowest BCUT2D eigenvalue weighted by molar-refractivity contribution is -0.115. The number of carbonyl (C=O) groups excluding carboxylic acids is 1. The lowest BCUT2D eigenvalue weighted by atomic mass is 10.2. The summed E-state index contributed by atoms with van der Waals surface area (Å²) in [6.45, 7) is 3.70. The molecule has 0 aliphatic carbocycles. The Hall–Kier alpha value is -2.02. The number of aromatic amines is 1. The van der Waals surface area contributed by atoms with E-state index in [-0.39, 0.29) is 11.5 Å². The van der Waals surface area contributed by atoms with E-state index in [2.05, 4.69) is 22.1 Å². The van der Waals surface area contributed by atoms with Crippen LogP contribution in [-0.2, 0) is 11.3 Å². The molecule has 1 rings (SSSR count). The van der Waals surface area contributed by atoms with Crippen molar-refractivity contribution in [2.45, 2.75) is 20.4 Å². The van der Waals surface area contributed by atoms with E-state index in [4.69, 9.17) is 0 Å². The van der Waals surface area contributed by atoms with Crippen LogP contribution in [0.3, 0.4) is 0 Å². The van der Waals surface area contributed by atoms with Crippen molar-refractivity contribution < 1.29 is 4.79 Å². The summed E-state index contributed by atoms with van der Waals surface area (Å²) < 4.78 is 0. The molecular weight excluding hydrogens is 192 g/mol. The number of aryl methyl sites for hydroxylation is 1. The SMILES string of the molecule is CC#CC(=O)NCc1cc(C)[nH]c(=O)c1. The number of aromatic nitrogens is 1. The maximum absolute atomic E-state index is 11.1. The van der Waals surface area contributed by atoms with Gasteiger partial charge >= 0.3 is 0 Å². The zero-order chi connectivity index (χ0) is 11.3. The van der Waals surface area contributed by atoms with Crippen LogP contribution >= 0.6 is 0 Å². The highest BCUT2D eigenvalue weighted by atomic mass is 16.1. The lowest BCUT2D eigenvalue weighted by Gasteiger charge is -2.01. The van der Waals surface area contributed by atoms with Crippen LogP contribution in [0.4, 0.5) is 0 Å². The summed E-state index contributed by atoms with van der Waals surface area (Å²) in [6, 6.07) is 3.26. The summed E-state index contributed by atoms with van der Waals surface area (Å²) >= 11 is 0. The standard InChI is InChI=1S/C11H12N2O2/c1-3-4-10(14)12-7-9-5-8(2)13-11(15)6-9/h5-6H,7H2,1-2H3,(H,12,14)(H,13,15). The van der Waals surface area contributed by atoms with Gasteiger partial charge in [0.05, 0.1) is 0 Å². The summed E-state index contributed by atoms with van der Waals surface area (Å²) in [7, 11) is 0. The smallest absolute Gasteiger partial charge is 0.296 e. The maximum Gasteiger partial charge on any atom is 0.296 e. The first kappa shape index (κ1) is 11.1. The molecule has 0 unspecified atom stereocenters. The molecule has 0 aliphatic heterocycles. The fourth-order valence-corrected chi connectivity index (χ4v) is 1.20. The fraction of sp³-hybridized carbons (Fsp3) is 0.273. The predicted molar refractivity (Wildman–Crippen MR) is 57.1 cm³/mol. The number of rotatable bonds is 2. The van der Waals surface area contributed by atoms with Crippen molar-refractivity contribution in [3.8, 4) is 11.8 Å². The molecule has 0 aromatic carbocycles. The average Bonchev–Trinajstić information content (AvgIpc) is 2.14. The number of hydrogen-bond acceptors (Lipinski definition) is 2. The first-order chi connectivity index (χ1) is 7.11. The van der Waals surface area contributed by atoms with Gasteiger partial charge in [0.25, 0.3) is 5.91 Å². The molecule has 0 saturated heterocycles. The Labute approximate surface area is 87.7 Å². The summed E-state index contributed by atoms with van der Waals surface area (Å²) in [5.74, 6) is 4.52. The molecule has 4 heteroatoms. The van der Waals surface area contributed by atoms with E-state index in [0.29, 0.717) is 6.54 Å². The lowest BCUT2D eigenvalue weighted by Crippen LogP contribution is -2.22. The Morgan fingerprint density at radius 2 is 2.27 bits per heavy atom. The van der Waals surface area contributed by atoms with Gasteiger partial charge in [-0.1, -0.05) is 5.92 Å². The van der Waals surface area contributed by atoms with E-state index in [1.54, 1.807) is 19.9 Å². The van der Waals surface area contributed by atoms with Crippen molar-refractivity contribution in [2.75, 3.05) is 0 Å². The summed E-state index contributed by atoms with van der Waals surface area (Å²) in [5.41, 5.74) is 1.37. The van der Waals surface area contributed by atoms with Crippen LogP contribution in [-0.4, -0.2) is 10.9 Å². The normalized spacial score (nSPS) is 8.93. The van der Waals surface area contributed by atoms with Gasteiger partial charge in [0.2, 0.25) is 5.56 Å². The van der Waals surface area contributed by atoms with E-state index in [9.17, 15) is 9.59 Å². The minimum absolute atomic E-state index is 0.166. The Balaban J connectivity index is 2.68. The third kappa shape index (κ3) is 3.69. The van der Waals surface area contributed by atoms with Crippen LogP contribution in [0.15, 0.2) is 16.9 Å². The van der Waals surface area contributed by atoms with Gasteiger partial charge in [0.1, 0.15) is 0 Å². The highest BCUT2D eigenvalue weighted by Crippen LogP contribution is 1.96. The van der Waals surface area contributed by atoms with E-state index in [1.807, 2.05) is 0 Å². The van der Waals surface area contributed by atoms with Crippen LogP contribution in [0.5, 0.6) is 0 Å². The largest absolute Gasteiger partial charge is 0.341 e. The topological polar surface area (TPSA) is 62.0 Å². The molecule has 1 amide bonds.